The van der Waals surface area contributed by atoms with E-state index in [1.165, 1.54) is 0 Å². The number of hydrogen-bond acceptors (Lipinski definition) is 2. The summed E-state index contributed by atoms with van der Waals surface area (Å²) >= 11 is 0. The Labute approximate surface area is 97.6 Å². The highest BCUT2D eigenvalue weighted by atomic mass is 32.2. The van der Waals surface area contributed by atoms with Gasteiger partial charge in [0.25, 0.3) is 0 Å². The molecule has 1 atom stereocenters. The van der Waals surface area contributed by atoms with E-state index >= 15 is 0 Å². The molecular weight excluding hydrogens is 218 g/mol. The van der Waals surface area contributed by atoms with E-state index in [4.69, 9.17) is 5.73 Å². The van der Waals surface area contributed by atoms with Crippen molar-refractivity contribution in [3.8, 4) is 0 Å². The third-order valence-electron chi connectivity index (χ3n) is 2.26. The van der Waals surface area contributed by atoms with E-state index in [1.807, 2.05) is 42.5 Å². The maximum Gasteiger partial charge on any atom is 0.0574 e. The molecule has 0 bridgehead atoms. The summed E-state index contributed by atoms with van der Waals surface area (Å²) < 4.78 is 12.0. The molecule has 2 aromatic rings. The molecule has 0 heterocycles. The van der Waals surface area contributed by atoms with Crippen molar-refractivity contribution < 1.29 is 4.21 Å². The fourth-order valence-corrected chi connectivity index (χ4v) is 2.62. The van der Waals surface area contributed by atoms with Gasteiger partial charge in [-0.25, -0.2) is 0 Å². The number of nitrogens with two attached hydrogens (primary N) is 1. The summed E-state index contributed by atoms with van der Waals surface area (Å²) in [5.74, 6) is 0.532. The minimum absolute atomic E-state index is 0.532. The zero-order valence-electron chi connectivity index (χ0n) is 8.80. The van der Waals surface area contributed by atoms with Crippen LogP contribution in [0.25, 0.3) is 0 Å². The predicted octanol–water partition coefficient (Wildman–Crippen LogP) is 2.58. The highest BCUT2D eigenvalue weighted by Gasteiger charge is 2.04. The van der Waals surface area contributed by atoms with Gasteiger partial charge in [0.15, 0.2) is 0 Å². The molecule has 0 fully saturated rings. The third kappa shape index (κ3) is 2.70. The van der Waals surface area contributed by atoms with E-state index in [-0.39, 0.29) is 0 Å². The molecule has 0 aliphatic rings. The van der Waals surface area contributed by atoms with Gasteiger partial charge in [-0.05, 0) is 23.8 Å². The SMILES string of the molecule is Nc1cccc(S(=O)Cc2ccccc2)c1. The Morgan fingerprint density at radius 2 is 1.75 bits per heavy atom. The van der Waals surface area contributed by atoms with Crippen molar-refractivity contribution in [2.45, 2.75) is 10.6 Å². The van der Waals surface area contributed by atoms with Crippen LogP contribution in [0.15, 0.2) is 59.5 Å². The minimum atomic E-state index is -1.02. The molecule has 1 unspecified atom stereocenters. The molecule has 0 aliphatic carbocycles. The van der Waals surface area contributed by atoms with Crippen LogP contribution in [0.4, 0.5) is 5.69 Å². The molecule has 0 aliphatic heterocycles. The number of nitrogen functional groups attached to an aromatic ring is 1. The second-order valence-electron chi connectivity index (χ2n) is 3.55. The lowest BCUT2D eigenvalue weighted by Gasteiger charge is -2.03. The molecule has 16 heavy (non-hydrogen) atoms. The van der Waals surface area contributed by atoms with Crippen molar-refractivity contribution in [1.82, 2.24) is 0 Å². The molecule has 0 spiro atoms. The Morgan fingerprint density at radius 3 is 2.44 bits per heavy atom. The molecule has 2 rings (SSSR count). The van der Waals surface area contributed by atoms with Crippen LogP contribution in [-0.2, 0) is 16.6 Å². The van der Waals surface area contributed by atoms with E-state index in [0.29, 0.717) is 11.4 Å². The molecule has 2 aromatic carbocycles. The summed E-state index contributed by atoms with van der Waals surface area (Å²) in [5, 5.41) is 0. The van der Waals surface area contributed by atoms with Crippen LogP contribution in [0.1, 0.15) is 5.56 Å². The minimum Gasteiger partial charge on any atom is -0.399 e. The van der Waals surface area contributed by atoms with E-state index in [9.17, 15) is 4.21 Å². The first-order valence-corrected chi connectivity index (χ1v) is 6.35. The van der Waals surface area contributed by atoms with Gasteiger partial charge in [-0.2, -0.15) is 0 Å². The molecule has 2 nitrogen and oxygen atoms in total. The van der Waals surface area contributed by atoms with Gasteiger partial charge in [0, 0.05) is 10.6 Å². The van der Waals surface area contributed by atoms with E-state index < -0.39 is 10.8 Å². The summed E-state index contributed by atoms with van der Waals surface area (Å²) in [6.07, 6.45) is 0. The van der Waals surface area contributed by atoms with Crippen LogP contribution in [0.3, 0.4) is 0 Å². The molecule has 2 N–H and O–H groups in total. The Morgan fingerprint density at radius 1 is 1.00 bits per heavy atom. The molecule has 0 amide bonds. The quantitative estimate of drug-likeness (QED) is 0.825. The van der Waals surface area contributed by atoms with Crippen molar-refractivity contribution >= 4 is 16.5 Å². The largest absolute Gasteiger partial charge is 0.399 e. The maximum absolute atomic E-state index is 12.0. The summed E-state index contributed by atoms with van der Waals surface area (Å²) in [6, 6.07) is 17.0. The first-order chi connectivity index (χ1) is 7.75. The van der Waals surface area contributed by atoms with Gasteiger partial charge >= 0.3 is 0 Å². The van der Waals surface area contributed by atoms with Crippen LogP contribution in [0.5, 0.6) is 0 Å². The second kappa shape index (κ2) is 4.94. The average Bonchev–Trinajstić information content (AvgIpc) is 2.30. The Bertz CT molecular complexity index is 496. The van der Waals surface area contributed by atoms with Crippen molar-refractivity contribution in [3.63, 3.8) is 0 Å². The average molecular weight is 231 g/mol. The number of benzene rings is 2. The summed E-state index contributed by atoms with van der Waals surface area (Å²) in [6.45, 7) is 0. The molecule has 0 radical (unpaired) electrons. The molecule has 0 saturated heterocycles. The molecule has 0 saturated carbocycles. The molecule has 0 aromatic heterocycles. The first kappa shape index (κ1) is 10.9. The number of rotatable bonds is 3. The fourth-order valence-electron chi connectivity index (χ4n) is 1.47. The Kier molecular flexibility index (Phi) is 3.37. The van der Waals surface area contributed by atoms with E-state index in [0.717, 1.165) is 10.5 Å². The standard InChI is InChI=1S/C13H13NOS/c14-12-7-4-8-13(9-12)16(15)10-11-5-2-1-3-6-11/h1-9H,10,14H2. The second-order valence-corrected chi connectivity index (χ2v) is 5.00. The van der Waals surface area contributed by atoms with Crippen molar-refractivity contribution in [2.75, 3.05) is 5.73 Å². The topological polar surface area (TPSA) is 43.1 Å². The summed E-state index contributed by atoms with van der Waals surface area (Å²) in [7, 11) is -1.02. The normalized spacial score (nSPS) is 12.2. The Balaban J connectivity index is 2.15. The van der Waals surface area contributed by atoms with Gasteiger partial charge in [0.2, 0.25) is 0 Å². The van der Waals surface area contributed by atoms with Crippen molar-refractivity contribution in [2.24, 2.45) is 0 Å². The van der Waals surface area contributed by atoms with Gasteiger partial charge in [-0.15, -0.1) is 0 Å². The van der Waals surface area contributed by atoms with Crippen LogP contribution in [-0.4, -0.2) is 4.21 Å². The van der Waals surface area contributed by atoms with Gasteiger partial charge in [0.1, 0.15) is 0 Å². The molecular formula is C13H13NOS. The van der Waals surface area contributed by atoms with Crippen LogP contribution < -0.4 is 5.73 Å². The highest BCUT2D eigenvalue weighted by Crippen LogP contribution is 2.14. The van der Waals surface area contributed by atoms with Crippen LogP contribution in [0.2, 0.25) is 0 Å². The van der Waals surface area contributed by atoms with Gasteiger partial charge < -0.3 is 5.73 Å². The number of hydrogen-bond donors (Lipinski definition) is 1. The third-order valence-corrected chi connectivity index (χ3v) is 3.64. The predicted molar refractivity (Wildman–Crippen MR) is 67.4 cm³/mol. The van der Waals surface area contributed by atoms with Crippen molar-refractivity contribution in [3.05, 3.63) is 60.2 Å². The lowest BCUT2D eigenvalue weighted by Crippen LogP contribution is -1.97. The van der Waals surface area contributed by atoms with Crippen LogP contribution in [0, 0.1) is 0 Å². The maximum atomic E-state index is 12.0. The zero-order chi connectivity index (χ0) is 11.4. The molecule has 3 heteroatoms. The summed E-state index contributed by atoms with van der Waals surface area (Å²) in [5.41, 5.74) is 7.38. The zero-order valence-corrected chi connectivity index (χ0v) is 9.61. The first-order valence-electron chi connectivity index (χ1n) is 5.03. The van der Waals surface area contributed by atoms with E-state index in [2.05, 4.69) is 0 Å². The monoisotopic (exact) mass is 231 g/mol. The number of anilines is 1. The van der Waals surface area contributed by atoms with Gasteiger partial charge in [-0.3, -0.25) is 4.21 Å². The van der Waals surface area contributed by atoms with Gasteiger partial charge in [-0.1, -0.05) is 36.4 Å². The highest BCUT2D eigenvalue weighted by molar-refractivity contribution is 7.84. The fraction of sp³-hybridized carbons (Fsp3) is 0.0769. The van der Waals surface area contributed by atoms with Crippen molar-refractivity contribution in [1.29, 1.82) is 0 Å². The summed E-state index contributed by atoms with van der Waals surface area (Å²) in [4.78, 5) is 0.781. The lowest BCUT2D eigenvalue weighted by molar-refractivity contribution is 0.682. The van der Waals surface area contributed by atoms with Gasteiger partial charge in [0.05, 0.1) is 16.6 Å². The van der Waals surface area contributed by atoms with Crippen LogP contribution >= 0.6 is 0 Å². The lowest BCUT2D eigenvalue weighted by atomic mass is 10.2. The molecule has 82 valence electrons. The smallest absolute Gasteiger partial charge is 0.0574 e. The Hall–Kier alpha value is -1.61. The van der Waals surface area contributed by atoms with E-state index in [1.54, 1.807) is 12.1 Å².